The van der Waals surface area contributed by atoms with Gasteiger partial charge in [-0.3, -0.25) is 0 Å². The van der Waals surface area contributed by atoms with E-state index in [1.54, 1.807) is 18.3 Å². The van der Waals surface area contributed by atoms with E-state index in [1.807, 2.05) is 0 Å². The Labute approximate surface area is 68.6 Å². The molecule has 0 saturated carbocycles. The van der Waals surface area contributed by atoms with Crippen molar-refractivity contribution in [2.75, 3.05) is 0 Å². The highest BCUT2D eigenvalue weighted by Crippen LogP contribution is 2.17. The van der Waals surface area contributed by atoms with E-state index in [0.717, 1.165) is 10.9 Å². The van der Waals surface area contributed by atoms with Gasteiger partial charge in [-0.2, -0.15) is 0 Å². The van der Waals surface area contributed by atoms with Gasteiger partial charge in [0.05, 0.1) is 6.61 Å². The molecule has 0 unspecified atom stereocenters. The first-order chi connectivity index (χ1) is 5.81. The molecule has 2 rings (SSSR count). The number of aromatic nitrogens is 1. The van der Waals surface area contributed by atoms with E-state index in [0.29, 0.717) is 5.56 Å². The molecule has 0 radical (unpaired) electrons. The predicted molar refractivity (Wildman–Crippen MR) is 44.2 cm³/mol. The molecule has 0 amide bonds. The van der Waals surface area contributed by atoms with Crippen molar-refractivity contribution in [1.82, 2.24) is 4.98 Å². The highest BCUT2D eigenvalue weighted by Gasteiger charge is 2.03. The zero-order valence-electron chi connectivity index (χ0n) is 6.34. The molecule has 0 bridgehead atoms. The number of halogens is 1. The Morgan fingerprint density at radius 3 is 3.00 bits per heavy atom. The van der Waals surface area contributed by atoms with Gasteiger partial charge < -0.3 is 10.1 Å². The molecule has 3 heteroatoms. The summed E-state index contributed by atoms with van der Waals surface area (Å²) in [5.74, 6) is -0.357. The molecule has 0 aliphatic carbocycles. The third kappa shape index (κ3) is 0.987. The summed E-state index contributed by atoms with van der Waals surface area (Å²) in [6.07, 6.45) is 1.74. The Kier molecular flexibility index (Phi) is 1.59. The third-order valence-electron chi connectivity index (χ3n) is 1.89. The zero-order chi connectivity index (χ0) is 8.55. The summed E-state index contributed by atoms with van der Waals surface area (Å²) in [4.78, 5) is 2.94. The van der Waals surface area contributed by atoms with Crippen LogP contribution in [0.2, 0.25) is 0 Å². The number of aliphatic hydroxyl groups is 1. The Bertz CT molecular complexity index is 408. The van der Waals surface area contributed by atoms with Crippen molar-refractivity contribution in [2.45, 2.75) is 6.61 Å². The summed E-state index contributed by atoms with van der Waals surface area (Å²) >= 11 is 0. The maximum atomic E-state index is 13.0. The summed E-state index contributed by atoms with van der Waals surface area (Å²) < 4.78 is 13.0. The van der Waals surface area contributed by atoms with Crippen molar-refractivity contribution in [3.05, 3.63) is 35.8 Å². The lowest BCUT2D eigenvalue weighted by molar-refractivity contribution is 0.276. The first-order valence-corrected chi connectivity index (χ1v) is 3.67. The van der Waals surface area contributed by atoms with Gasteiger partial charge in [0.25, 0.3) is 0 Å². The monoisotopic (exact) mass is 165 g/mol. The van der Waals surface area contributed by atoms with Gasteiger partial charge in [0.15, 0.2) is 0 Å². The SMILES string of the molecule is OCc1cc2[nH]ccc2cc1F. The molecule has 2 nitrogen and oxygen atoms in total. The molecule has 1 aromatic carbocycles. The second-order valence-electron chi connectivity index (χ2n) is 2.67. The molecule has 0 saturated heterocycles. The van der Waals surface area contributed by atoms with Gasteiger partial charge in [-0.1, -0.05) is 0 Å². The smallest absolute Gasteiger partial charge is 0.129 e. The lowest BCUT2D eigenvalue weighted by Gasteiger charge is -1.98. The average molecular weight is 165 g/mol. The minimum atomic E-state index is -0.357. The maximum absolute atomic E-state index is 13.0. The van der Waals surface area contributed by atoms with E-state index in [1.165, 1.54) is 6.07 Å². The summed E-state index contributed by atoms with van der Waals surface area (Å²) in [6.45, 7) is -0.263. The van der Waals surface area contributed by atoms with Gasteiger partial charge in [-0.25, -0.2) is 4.39 Å². The first-order valence-electron chi connectivity index (χ1n) is 3.67. The fourth-order valence-electron chi connectivity index (χ4n) is 1.24. The molecule has 2 aromatic rings. The largest absolute Gasteiger partial charge is 0.392 e. The first kappa shape index (κ1) is 7.31. The van der Waals surface area contributed by atoms with Crippen LogP contribution < -0.4 is 0 Å². The minimum Gasteiger partial charge on any atom is -0.392 e. The van der Waals surface area contributed by atoms with Gasteiger partial charge in [-0.05, 0) is 18.2 Å². The van der Waals surface area contributed by atoms with E-state index in [-0.39, 0.29) is 12.4 Å². The van der Waals surface area contributed by atoms with Crippen LogP contribution in [0.1, 0.15) is 5.56 Å². The molecule has 0 aliphatic heterocycles. The van der Waals surface area contributed by atoms with Crippen molar-refractivity contribution < 1.29 is 9.50 Å². The number of benzene rings is 1. The number of H-pyrrole nitrogens is 1. The number of hydrogen-bond donors (Lipinski definition) is 2. The van der Waals surface area contributed by atoms with Crippen LogP contribution in [-0.2, 0) is 6.61 Å². The Morgan fingerprint density at radius 2 is 2.25 bits per heavy atom. The molecule has 1 heterocycles. The highest BCUT2D eigenvalue weighted by atomic mass is 19.1. The maximum Gasteiger partial charge on any atom is 0.129 e. The number of rotatable bonds is 1. The predicted octanol–water partition coefficient (Wildman–Crippen LogP) is 1.80. The highest BCUT2D eigenvalue weighted by molar-refractivity contribution is 5.80. The number of aromatic amines is 1. The second-order valence-corrected chi connectivity index (χ2v) is 2.67. The van der Waals surface area contributed by atoms with Crippen molar-refractivity contribution in [3.63, 3.8) is 0 Å². The second kappa shape index (κ2) is 2.60. The van der Waals surface area contributed by atoms with Crippen LogP contribution in [0, 0.1) is 5.82 Å². The zero-order valence-corrected chi connectivity index (χ0v) is 6.34. The normalized spacial score (nSPS) is 10.8. The van der Waals surface area contributed by atoms with Crippen LogP contribution in [0.3, 0.4) is 0 Å². The third-order valence-corrected chi connectivity index (χ3v) is 1.89. The molecular weight excluding hydrogens is 157 g/mol. The number of aliphatic hydroxyl groups excluding tert-OH is 1. The molecule has 1 aromatic heterocycles. The number of nitrogens with one attached hydrogen (secondary N) is 1. The lowest BCUT2D eigenvalue weighted by atomic mass is 10.1. The van der Waals surface area contributed by atoms with Crippen molar-refractivity contribution in [2.24, 2.45) is 0 Å². The van der Waals surface area contributed by atoms with Gasteiger partial charge in [0.1, 0.15) is 5.82 Å². The van der Waals surface area contributed by atoms with Crippen LogP contribution in [0.4, 0.5) is 4.39 Å². The Morgan fingerprint density at radius 1 is 1.42 bits per heavy atom. The van der Waals surface area contributed by atoms with Crippen LogP contribution >= 0.6 is 0 Å². The van der Waals surface area contributed by atoms with Crippen molar-refractivity contribution >= 4 is 10.9 Å². The van der Waals surface area contributed by atoms with E-state index in [9.17, 15) is 4.39 Å². The minimum absolute atomic E-state index is 0.263. The van der Waals surface area contributed by atoms with Crippen molar-refractivity contribution in [1.29, 1.82) is 0 Å². The summed E-state index contributed by atoms with van der Waals surface area (Å²) in [6, 6.07) is 4.82. The van der Waals surface area contributed by atoms with Crippen LogP contribution in [-0.4, -0.2) is 10.1 Å². The molecule has 12 heavy (non-hydrogen) atoms. The summed E-state index contributed by atoms with van der Waals surface area (Å²) in [7, 11) is 0. The number of hydrogen-bond acceptors (Lipinski definition) is 1. The fourth-order valence-corrected chi connectivity index (χ4v) is 1.24. The van der Waals surface area contributed by atoms with Gasteiger partial charge in [0.2, 0.25) is 0 Å². The van der Waals surface area contributed by atoms with Gasteiger partial charge in [-0.15, -0.1) is 0 Å². The molecule has 0 aliphatic rings. The van der Waals surface area contributed by atoms with E-state index >= 15 is 0 Å². The summed E-state index contributed by atoms with van der Waals surface area (Å²) in [5.41, 5.74) is 1.17. The quantitative estimate of drug-likeness (QED) is 0.664. The molecule has 2 N–H and O–H groups in total. The van der Waals surface area contributed by atoms with Gasteiger partial charge >= 0.3 is 0 Å². The Hall–Kier alpha value is -1.35. The molecular formula is C9H8FNO. The standard InChI is InChI=1S/C9H8FNO/c10-8-3-6-1-2-11-9(6)4-7(8)5-12/h1-4,11-12H,5H2. The molecule has 0 atom stereocenters. The number of fused-ring (bicyclic) bond motifs is 1. The van der Waals surface area contributed by atoms with E-state index in [4.69, 9.17) is 5.11 Å². The molecule has 62 valence electrons. The van der Waals surface area contributed by atoms with Crippen molar-refractivity contribution in [3.8, 4) is 0 Å². The van der Waals surface area contributed by atoms with Crippen LogP contribution in [0.25, 0.3) is 10.9 Å². The lowest BCUT2D eigenvalue weighted by Crippen LogP contribution is -1.88. The Balaban J connectivity index is 2.73. The average Bonchev–Trinajstić information content (AvgIpc) is 2.49. The topological polar surface area (TPSA) is 36.0 Å². The van der Waals surface area contributed by atoms with Crippen LogP contribution in [0.5, 0.6) is 0 Å². The molecule has 0 spiro atoms. The van der Waals surface area contributed by atoms with E-state index < -0.39 is 0 Å². The van der Waals surface area contributed by atoms with E-state index in [2.05, 4.69) is 4.98 Å². The fraction of sp³-hybridized carbons (Fsp3) is 0.111. The van der Waals surface area contributed by atoms with Crippen LogP contribution in [0.15, 0.2) is 24.4 Å². The van der Waals surface area contributed by atoms with Gasteiger partial charge in [0, 0.05) is 22.7 Å². The summed E-state index contributed by atoms with van der Waals surface area (Å²) in [5, 5.41) is 9.59. The molecule has 0 fully saturated rings.